The average molecular weight is 469 g/mol. The SMILES string of the molecule is O=C1/C(=C\c2cc([N+](=O)[O-])ccc2SCc2ccco2)SC(=S)N1Cc1ccccc1. The van der Waals surface area contributed by atoms with Gasteiger partial charge in [-0.05, 0) is 35.4 Å². The summed E-state index contributed by atoms with van der Waals surface area (Å²) in [6.45, 7) is 0.387. The van der Waals surface area contributed by atoms with E-state index in [1.54, 1.807) is 23.3 Å². The maximum atomic E-state index is 13.0. The van der Waals surface area contributed by atoms with Crippen LogP contribution in [0.25, 0.3) is 6.08 Å². The molecule has 156 valence electrons. The molecule has 2 aromatic carbocycles. The number of rotatable bonds is 7. The van der Waals surface area contributed by atoms with E-state index in [9.17, 15) is 14.9 Å². The predicted molar refractivity (Wildman–Crippen MR) is 127 cm³/mol. The number of hydrogen-bond donors (Lipinski definition) is 0. The quantitative estimate of drug-likeness (QED) is 0.141. The molecule has 1 amide bonds. The lowest BCUT2D eigenvalue weighted by molar-refractivity contribution is -0.384. The van der Waals surface area contributed by atoms with E-state index in [-0.39, 0.29) is 11.6 Å². The molecule has 6 nitrogen and oxygen atoms in total. The van der Waals surface area contributed by atoms with Crippen molar-refractivity contribution < 1.29 is 14.1 Å². The molecule has 2 heterocycles. The minimum Gasteiger partial charge on any atom is -0.468 e. The molecule has 0 spiro atoms. The zero-order valence-electron chi connectivity index (χ0n) is 16.1. The van der Waals surface area contributed by atoms with Crippen LogP contribution >= 0.6 is 35.7 Å². The fourth-order valence-electron chi connectivity index (χ4n) is 2.98. The summed E-state index contributed by atoms with van der Waals surface area (Å²) < 4.78 is 5.83. The number of carbonyl (C=O) groups excluding carboxylic acids is 1. The average Bonchev–Trinajstić information content (AvgIpc) is 3.38. The van der Waals surface area contributed by atoms with Crippen LogP contribution in [-0.4, -0.2) is 20.1 Å². The van der Waals surface area contributed by atoms with Crippen LogP contribution in [0, 0.1) is 10.1 Å². The Morgan fingerprint density at radius 2 is 1.97 bits per heavy atom. The number of carbonyl (C=O) groups is 1. The topological polar surface area (TPSA) is 76.6 Å². The molecule has 0 aliphatic carbocycles. The third-order valence-electron chi connectivity index (χ3n) is 4.50. The molecule has 0 N–H and O–H groups in total. The van der Waals surface area contributed by atoms with Crippen LogP contribution < -0.4 is 0 Å². The van der Waals surface area contributed by atoms with Crippen molar-refractivity contribution in [3.05, 3.63) is 98.8 Å². The van der Waals surface area contributed by atoms with Gasteiger partial charge in [-0.1, -0.05) is 54.3 Å². The number of nitro benzene ring substituents is 1. The van der Waals surface area contributed by atoms with Gasteiger partial charge in [-0.3, -0.25) is 19.8 Å². The van der Waals surface area contributed by atoms with E-state index in [0.717, 1.165) is 16.2 Å². The van der Waals surface area contributed by atoms with E-state index in [4.69, 9.17) is 16.6 Å². The summed E-state index contributed by atoms with van der Waals surface area (Å²) >= 11 is 8.11. The maximum Gasteiger partial charge on any atom is 0.270 e. The highest BCUT2D eigenvalue weighted by Gasteiger charge is 2.32. The zero-order chi connectivity index (χ0) is 21.8. The number of hydrogen-bond acceptors (Lipinski definition) is 7. The molecule has 1 fully saturated rings. The van der Waals surface area contributed by atoms with Crippen molar-refractivity contribution in [2.45, 2.75) is 17.2 Å². The first-order valence-electron chi connectivity index (χ1n) is 9.24. The van der Waals surface area contributed by atoms with Crippen molar-refractivity contribution in [2.24, 2.45) is 0 Å². The predicted octanol–water partition coefficient (Wildman–Crippen LogP) is 5.88. The normalized spacial score (nSPS) is 15.1. The van der Waals surface area contributed by atoms with E-state index in [1.807, 2.05) is 42.5 Å². The Morgan fingerprint density at radius 1 is 1.16 bits per heavy atom. The zero-order valence-corrected chi connectivity index (χ0v) is 18.5. The summed E-state index contributed by atoms with van der Waals surface area (Å²) in [6, 6.07) is 17.9. The van der Waals surface area contributed by atoms with Crippen molar-refractivity contribution in [1.29, 1.82) is 0 Å². The van der Waals surface area contributed by atoms with Crippen molar-refractivity contribution in [3.63, 3.8) is 0 Å². The van der Waals surface area contributed by atoms with Gasteiger partial charge >= 0.3 is 0 Å². The lowest BCUT2D eigenvalue weighted by Gasteiger charge is -2.14. The Hall–Kier alpha value is -2.88. The first-order chi connectivity index (χ1) is 15.0. The van der Waals surface area contributed by atoms with Gasteiger partial charge in [0.1, 0.15) is 10.1 Å². The molecule has 3 aromatic rings. The number of non-ortho nitro benzene ring substituents is 1. The standard InChI is InChI=1S/C22H16N2O4S3/c25-21-20(31-22(29)23(21)13-15-5-2-1-3-6-15)12-16-11-17(24(26)27)8-9-19(16)30-14-18-7-4-10-28-18/h1-12H,13-14H2/b20-12+. The molecular formula is C22H16N2O4S3. The summed E-state index contributed by atoms with van der Waals surface area (Å²) in [6.07, 6.45) is 3.28. The third kappa shape index (κ3) is 5.07. The number of nitro groups is 1. The molecule has 31 heavy (non-hydrogen) atoms. The van der Waals surface area contributed by atoms with Crippen LogP contribution in [0.15, 0.2) is 81.1 Å². The van der Waals surface area contributed by atoms with Crippen LogP contribution in [0.2, 0.25) is 0 Å². The Morgan fingerprint density at radius 3 is 2.68 bits per heavy atom. The van der Waals surface area contributed by atoms with Gasteiger partial charge in [0.2, 0.25) is 0 Å². The van der Waals surface area contributed by atoms with Crippen LogP contribution in [0.3, 0.4) is 0 Å². The van der Waals surface area contributed by atoms with Crippen LogP contribution in [0.4, 0.5) is 5.69 Å². The molecule has 4 rings (SSSR count). The van der Waals surface area contributed by atoms with Gasteiger partial charge in [0.15, 0.2) is 0 Å². The molecule has 1 aliphatic heterocycles. The highest BCUT2D eigenvalue weighted by Crippen LogP contribution is 2.37. The van der Waals surface area contributed by atoms with Gasteiger partial charge < -0.3 is 4.42 Å². The van der Waals surface area contributed by atoms with Crippen molar-refractivity contribution >= 4 is 57.7 Å². The molecule has 1 saturated heterocycles. The van der Waals surface area contributed by atoms with Gasteiger partial charge in [-0.2, -0.15) is 0 Å². The van der Waals surface area contributed by atoms with E-state index >= 15 is 0 Å². The second-order valence-electron chi connectivity index (χ2n) is 6.60. The number of thioether (sulfide) groups is 2. The van der Waals surface area contributed by atoms with Gasteiger partial charge in [0.05, 0.1) is 28.4 Å². The van der Waals surface area contributed by atoms with Crippen LogP contribution in [0.5, 0.6) is 0 Å². The molecule has 0 radical (unpaired) electrons. The fourth-order valence-corrected chi connectivity index (χ4v) is 5.14. The third-order valence-corrected chi connectivity index (χ3v) is 6.99. The van der Waals surface area contributed by atoms with Gasteiger partial charge in [0.25, 0.3) is 11.6 Å². The first kappa shape index (κ1) is 21.4. The van der Waals surface area contributed by atoms with E-state index in [0.29, 0.717) is 27.1 Å². The summed E-state index contributed by atoms with van der Waals surface area (Å²) in [7, 11) is 0. The number of thiocarbonyl (C=S) groups is 1. The molecule has 0 bridgehead atoms. The highest BCUT2D eigenvalue weighted by atomic mass is 32.2. The largest absolute Gasteiger partial charge is 0.468 e. The fraction of sp³-hybridized carbons (Fsp3) is 0.0909. The van der Waals surface area contributed by atoms with E-state index < -0.39 is 4.92 Å². The number of nitrogens with zero attached hydrogens (tertiary/aromatic N) is 2. The Bertz CT molecular complexity index is 1160. The van der Waals surface area contributed by atoms with E-state index in [2.05, 4.69) is 0 Å². The van der Waals surface area contributed by atoms with Gasteiger partial charge in [-0.25, -0.2) is 0 Å². The van der Waals surface area contributed by atoms with Crippen LogP contribution in [0.1, 0.15) is 16.9 Å². The number of benzene rings is 2. The first-order valence-corrected chi connectivity index (χ1v) is 11.5. The molecule has 0 atom stereocenters. The lowest BCUT2D eigenvalue weighted by atomic mass is 10.1. The molecule has 0 saturated carbocycles. The lowest BCUT2D eigenvalue weighted by Crippen LogP contribution is -2.27. The summed E-state index contributed by atoms with van der Waals surface area (Å²) in [5.41, 5.74) is 1.55. The van der Waals surface area contributed by atoms with Crippen molar-refractivity contribution in [2.75, 3.05) is 0 Å². The number of amides is 1. The van der Waals surface area contributed by atoms with Crippen molar-refractivity contribution in [1.82, 2.24) is 4.90 Å². The molecule has 1 aromatic heterocycles. The summed E-state index contributed by atoms with van der Waals surface area (Å²) in [5, 5.41) is 11.3. The molecule has 0 unspecified atom stereocenters. The van der Waals surface area contributed by atoms with Crippen molar-refractivity contribution in [3.8, 4) is 0 Å². The van der Waals surface area contributed by atoms with Crippen LogP contribution in [-0.2, 0) is 17.1 Å². The maximum absolute atomic E-state index is 13.0. The Kier molecular flexibility index (Phi) is 6.55. The minimum absolute atomic E-state index is 0.0339. The monoisotopic (exact) mass is 468 g/mol. The summed E-state index contributed by atoms with van der Waals surface area (Å²) in [5.74, 6) is 1.16. The second kappa shape index (κ2) is 9.51. The summed E-state index contributed by atoms with van der Waals surface area (Å²) in [4.78, 5) is 26.6. The smallest absolute Gasteiger partial charge is 0.270 e. The van der Waals surface area contributed by atoms with E-state index in [1.165, 1.54) is 35.7 Å². The molecular weight excluding hydrogens is 452 g/mol. The number of furan rings is 1. The Balaban J connectivity index is 1.61. The molecule has 9 heteroatoms. The van der Waals surface area contributed by atoms with Gasteiger partial charge in [0, 0.05) is 17.0 Å². The minimum atomic E-state index is -0.445. The molecule has 1 aliphatic rings. The second-order valence-corrected chi connectivity index (χ2v) is 9.29. The Labute approximate surface area is 192 Å². The van der Waals surface area contributed by atoms with Gasteiger partial charge in [-0.15, -0.1) is 11.8 Å². The highest BCUT2D eigenvalue weighted by molar-refractivity contribution is 8.26.